The highest BCUT2D eigenvalue weighted by Gasteiger charge is 2.25. The minimum atomic E-state index is -0.528. The van der Waals surface area contributed by atoms with Gasteiger partial charge in [0.25, 0.3) is 0 Å². The van der Waals surface area contributed by atoms with Crippen molar-refractivity contribution in [1.82, 2.24) is 14.9 Å². The minimum Gasteiger partial charge on any atom is -0.355 e. The molecule has 1 aromatic heterocycles. The van der Waals surface area contributed by atoms with Crippen LogP contribution in [0.4, 0.5) is 21.8 Å². The van der Waals surface area contributed by atoms with Crippen molar-refractivity contribution in [1.29, 1.82) is 5.26 Å². The van der Waals surface area contributed by atoms with Crippen LogP contribution < -0.4 is 10.2 Å². The Kier molecular flexibility index (Phi) is 11.7. The lowest BCUT2D eigenvalue weighted by Crippen LogP contribution is -2.48. The molecule has 0 aliphatic carbocycles. The average molecular weight is 483 g/mol. The fraction of sp³-hybridized carbons (Fsp3) is 0.522. The topological polar surface area (TPSA) is 68.1 Å². The van der Waals surface area contributed by atoms with Gasteiger partial charge in [0, 0.05) is 36.6 Å². The lowest BCUT2D eigenvalue weighted by Gasteiger charge is -2.39. The molecule has 1 atom stereocenters. The third kappa shape index (κ3) is 6.93. The standard InChI is InChI=1S/C23H31FN6.2ClH/c1-4-8-18-14-22(30-12-7-9-20(16-30)29(5-2)6-3)28-23(26-18)27-19-10-11-21(24)17(13-19)15-25;;/h10-11,13-14,20H,4-9,12,16H2,1-3H3,(H,26,27,28);2*1H/t20-;;/m1../s1. The van der Waals surface area contributed by atoms with Crippen molar-refractivity contribution < 1.29 is 4.39 Å². The monoisotopic (exact) mass is 482 g/mol. The summed E-state index contributed by atoms with van der Waals surface area (Å²) >= 11 is 0. The summed E-state index contributed by atoms with van der Waals surface area (Å²) < 4.78 is 13.6. The first-order valence-corrected chi connectivity index (χ1v) is 10.9. The molecule has 9 heteroatoms. The second-order valence-corrected chi connectivity index (χ2v) is 7.69. The molecular weight excluding hydrogens is 450 g/mol. The Hall–Kier alpha value is -2.14. The molecule has 2 heterocycles. The van der Waals surface area contributed by atoms with Crippen molar-refractivity contribution in [2.24, 2.45) is 0 Å². The van der Waals surface area contributed by atoms with Gasteiger partial charge in [-0.1, -0.05) is 27.2 Å². The van der Waals surface area contributed by atoms with E-state index >= 15 is 0 Å². The lowest BCUT2D eigenvalue weighted by atomic mass is 10.0. The van der Waals surface area contributed by atoms with Gasteiger partial charge in [0.1, 0.15) is 17.7 Å². The van der Waals surface area contributed by atoms with Gasteiger partial charge >= 0.3 is 0 Å². The maximum atomic E-state index is 13.6. The number of aromatic nitrogens is 2. The van der Waals surface area contributed by atoms with E-state index in [2.05, 4.69) is 46.9 Å². The van der Waals surface area contributed by atoms with Crippen LogP contribution in [0.1, 0.15) is 51.3 Å². The fourth-order valence-corrected chi connectivity index (χ4v) is 4.10. The summed E-state index contributed by atoms with van der Waals surface area (Å²) in [6, 6.07) is 8.87. The van der Waals surface area contributed by atoms with E-state index in [0.717, 1.165) is 57.0 Å². The number of nitrogens with one attached hydrogen (secondary N) is 1. The molecule has 1 N–H and O–H groups in total. The Morgan fingerprint density at radius 2 is 1.94 bits per heavy atom. The van der Waals surface area contributed by atoms with Gasteiger partial charge in [0.15, 0.2) is 0 Å². The Labute approximate surface area is 203 Å². The molecule has 3 rings (SSSR count). The molecule has 1 aromatic carbocycles. The number of hydrogen-bond acceptors (Lipinski definition) is 6. The first-order valence-electron chi connectivity index (χ1n) is 10.9. The summed E-state index contributed by atoms with van der Waals surface area (Å²) in [7, 11) is 0. The van der Waals surface area contributed by atoms with E-state index in [0.29, 0.717) is 17.7 Å². The van der Waals surface area contributed by atoms with E-state index in [1.165, 1.54) is 18.6 Å². The summed E-state index contributed by atoms with van der Waals surface area (Å²) in [5.74, 6) is 0.881. The van der Waals surface area contributed by atoms with Gasteiger partial charge in [-0.25, -0.2) is 9.37 Å². The normalized spacial score (nSPS) is 15.5. The van der Waals surface area contributed by atoms with Crippen LogP contribution in [0.15, 0.2) is 24.3 Å². The second-order valence-electron chi connectivity index (χ2n) is 7.69. The number of rotatable bonds is 8. The average Bonchev–Trinajstić information content (AvgIpc) is 2.76. The molecule has 32 heavy (non-hydrogen) atoms. The highest BCUT2D eigenvalue weighted by atomic mass is 35.5. The predicted octanol–water partition coefficient (Wildman–Crippen LogP) is 5.34. The van der Waals surface area contributed by atoms with E-state index < -0.39 is 5.82 Å². The number of likely N-dealkylation sites (N-methyl/N-ethyl adjacent to an activating group) is 1. The van der Waals surface area contributed by atoms with Gasteiger partial charge in [0.2, 0.25) is 5.95 Å². The van der Waals surface area contributed by atoms with E-state index in [1.54, 1.807) is 6.07 Å². The fourth-order valence-electron chi connectivity index (χ4n) is 4.10. The second kappa shape index (κ2) is 13.4. The smallest absolute Gasteiger partial charge is 0.229 e. The van der Waals surface area contributed by atoms with Crippen LogP contribution in [0.5, 0.6) is 0 Å². The maximum Gasteiger partial charge on any atom is 0.229 e. The highest BCUT2D eigenvalue weighted by Crippen LogP contribution is 2.25. The van der Waals surface area contributed by atoms with Gasteiger partial charge in [-0.3, -0.25) is 4.90 Å². The molecular formula is C23H33Cl2FN6. The molecule has 1 saturated heterocycles. The number of piperidine rings is 1. The van der Waals surface area contributed by atoms with Crippen molar-refractivity contribution >= 4 is 42.3 Å². The molecule has 0 spiro atoms. The largest absolute Gasteiger partial charge is 0.355 e. The zero-order valence-electron chi connectivity index (χ0n) is 19.0. The number of aryl methyl sites for hydroxylation is 1. The van der Waals surface area contributed by atoms with E-state index in [1.807, 2.05) is 6.07 Å². The zero-order valence-corrected chi connectivity index (χ0v) is 20.6. The van der Waals surface area contributed by atoms with Crippen LogP contribution >= 0.6 is 24.8 Å². The molecule has 176 valence electrons. The van der Waals surface area contributed by atoms with Crippen molar-refractivity contribution in [3.63, 3.8) is 0 Å². The molecule has 1 fully saturated rings. The molecule has 1 aliphatic heterocycles. The highest BCUT2D eigenvalue weighted by molar-refractivity contribution is 5.85. The quantitative estimate of drug-likeness (QED) is 0.547. The Bertz CT molecular complexity index is 901. The van der Waals surface area contributed by atoms with E-state index in [-0.39, 0.29) is 30.4 Å². The number of halogens is 3. The number of benzene rings is 1. The summed E-state index contributed by atoms with van der Waals surface area (Å²) in [5, 5.41) is 12.3. The molecule has 1 aliphatic rings. The maximum absolute atomic E-state index is 13.6. The van der Waals surface area contributed by atoms with Crippen molar-refractivity contribution in [3.05, 3.63) is 41.3 Å². The van der Waals surface area contributed by atoms with E-state index in [4.69, 9.17) is 10.2 Å². The van der Waals surface area contributed by atoms with Gasteiger partial charge < -0.3 is 10.2 Å². The summed E-state index contributed by atoms with van der Waals surface area (Å²) in [4.78, 5) is 14.3. The van der Waals surface area contributed by atoms with Gasteiger partial charge in [0.05, 0.1) is 5.56 Å². The SMILES string of the molecule is CCCc1cc(N2CCC[C@@H](N(CC)CC)C2)nc(Nc2ccc(F)c(C#N)c2)n1.Cl.Cl. The Morgan fingerprint density at radius 1 is 1.19 bits per heavy atom. The molecule has 0 saturated carbocycles. The summed E-state index contributed by atoms with van der Waals surface area (Å²) in [5.41, 5.74) is 1.59. The van der Waals surface area contributed by atoms with E-state index in [9.17, 15) is 4.39 Å². The number of anilines is 3. The Balaban J connectivity index is 0.00000256. The van der Waals surface area contributed by atoms with Gasteiger partial charge in [-0.15, -0.1) is 24.8 Å². The number of nitriles is 1. The molecule has 2 aromatic rings. The molecule has 0 unspecified atom stereocenters. The molecule has 0 bridgehead atoms. The minimum absolute atomic E-state index is 0. The third-order valence-corrected chi connectivity index (χ3v) is 5.66. The van der Waals surface area contributed by atoms with Crippen LogP contribution in [0.3, 0.4) is 0 Å². The van der Waals surface area contributed by atoms with Crippen LogP contribution in [-0.4, -0.2) is 47.1 Å². The Morgan fingerprint density at radius 3 is 2.59 bits per heavy atom. The summed E-state index contributed by atoms with van der Waals surface area (Å²) in [6.45, 7) is 10.6. The van der Waals surface area contributed by atoms with Crippen molar-refractivity contribution in [2.45, 2.75) is 52.5 Å². The van der Waals surface area contributed by atoms with Gasteiger partial charge in [-0.05, 0) is 50.6 Å². The van der Waals surface area contributed by atoms with Crippen LogP contribution in [-0.2, 0) is 6.42 Å². The summed E-state index contributed by atoms with van der Waals surface area (Å²) in [6.07, 6.45) is 4.21. The van der Waals surface area contributed by atoms with Crippen molar-refractivity contribution in [3.8, 4) is 6.07 Å². The van der Waals surface area contributed by atoms with Crippen LogP contribution in [0.2, 0.25) is 0 Å². The number of nitrogens with zero attached hydrogens (tertiary/aromatic N) is 5. The van der Waals surface area contributed by atoms with Crippen LogP contribution in [0.25, 0.3) is 0 Å². The molecule has 0 amide bonds. The van der Waals surface area contributed by atoms with Crippen molar-refractivity contribution in [2.75, 3.05) is 36.4 Å². The first kappa shape index (κ1) is 27.9. The van der Waals surface area contributed by atoms with Crippen LogP contribution in [0, 0.1) is 17.1 Å². The first-order chi connectivity index (χ1) is 14.6. The molecule has 6 nitrogen and oxygen atoms in total. The molecule has 0 radical (unpaired) electrons. The predicted molar refractivity (Wildman–Crippen MR) is 133 cm³/mol. The lowest BCUT2D eigenvalue weighted by molar-refractivity contribution is 0.193. The zero-order chi connectivity index (χ0) is 21.5. The third-order valence-electron chi connectivity index (χ3n) is 5.66. The van der Waals surface area contributed by atoms with Gasteiger partial charge in [-0.2, -0.15) is 10.2 Å². The number of hydrogen-bond donors (Lipinski definition) is 1.